The number of amides is 1. The Labute approximate surface area is 172 Å². The molecule has 1 amide bonds. The summed E-state index contributed by atoms with van der Waals surface area (Å²) >= 11 is 13.7. The van der Waals surface area contributed by atoms with E-state index in [1.807, 2.05) is 54.6 Å². The maximum atomic E-state index is 13.2. The summed E-state index contributed by atoms with van der Waals surface area (Å²) in [4.78, 5) is 19.5. The molecule has 0 saturated heterocycles. The van der Waals surface area contributed by atoms with E-state index < -0.39 is 0 Å². The molecule has 1 aliphatic heterocycles. The molecule has 0 N–H and O–H groups in total. The highest BCUT2D eigenvalue weighted by Gasteiger charge is 2.26. The van der Waals surface area contributed by atoms with Crippen LogP contribution in [0, 0.1) is 0 Å². The molecule has 0 unspecified atom stereocenters. The molecule has 0 aliphatic carbocycles. The van der Waals surface area contributed by atoms with Crippen LogP contribution in [0.2, 0.25) is 10.0 Å². The average molecular weight is 415 g/mol. The second kappa shape index (κ2) is 7.93. The molecule has 0 spiro atoms. The third-order valence-electron chi connectivity index (χ3n) is 4.44. The van der Waals surface area contributed by atoms with Crippen LogP contribution in [0.4, 0.5) is 0 Å². The van der Waals surface area contributed by atoms with Gasteiger partial charge in [-0.15, -0.1) is 0 Å². The Kier molecular flexibility index (Phi) is 5.39. The van der Waals surface area contributed by atoms with Crippen molar-refractivity contribution in [2.45, 2.75) is 5.75 Å². The van der Waals surface area contributed by atoms with E-state index >= 15 is 0 Å². The molecular formula is C21H16Cl2N2OS. The van der Waals surface area contributed by atoms with Gasteiger partial charge in [0.15, 0.2) is 5.17 Å². The lowest BCUT2D eigenvalue weighted by Crippen LogP contribution is -2.33. The fourth-order valence-corrected chi connectivity index (χ4v) is 4.68. The number of thioether (sulfide) groups is 1. The second-order valence-corrected chi connectivity index (χ2v) is 7.96. The molecule has 0 bridgehead atoms. The molecule has 3 nitrogen and oxygen atoms in total. The standard InChI is InChI=1S/C21H16Cl2N2OS/c22-16-9-8-15(19(23)12-16)13-27-21-24-10-11-25(21)20(26)18-7-3-5-14-4-1-2-6-17(14)18/h1-9,12H,10-11,13H2. The van der Waals surface area contributed by atoms with Gasteiger partial charge in [0.1, 0.15) is 0 Å². The molecular weight excluding hydrogens is 399 g/mol. The summed E-state index contributed by atoms with van der Waals surface area (Å²) in [5.41, 5.74) is 1.67. The topological polar surface area (TPSA) is 32.7 Å². The van der Waals surface area contributed by atoms with Crippen molar-refractivity contribution in [1.29, 1.82) is 0 Å². The largest absolute Gasteiger partial charge is 0.286 e. The minimum absolute atomic E-state index is 0.0160. The Balaban J connectivity index is 1.54. The lowest BCUT2D eigenvalue weighted by atomic mass is 10.0. The van der Waals surface area contributed by atoms with E-state index in [4.69, 9.17) is 23.2 Å². The van der Waals surface area contributed by atoms with Gasteiger partial charge in [0.2, 0.25) is 0 Å². The number of fused-ring (bicyclic) bond motifs is 1. The molecule has 0 radical (unpaired) electrons. The molecule has 0 fully saturated rings. The number of carbonyl (C=O) groups is 1. The van der Waals surface area contributed by atoms with Crippen LogP contribution in [0.25, 0.3) is 10.8 Å². The number of aliphatic imine (C=N–C) groups is 1. The first kappa shape index (κ1) is 18.4. The molecule has 1 aliphatic rings. The highest BCUT2D eigenvalue weighted by molar-refractivity contribution is 8.13. The van der Waals surface area contributed by atoms with Crippen LogP contribution < -0.4 is 0 Å². The van der Waals surface area contributed by atoms with Gasteiger partial charge in [-0.05, 0) is 34.5 Å². The predicted molar refractivity (Wildman–Crippen MR) is 115 cm³/mol. The van der Waals surface area contributed by atoms with Crippen molar-refractivity contribution in [3.63, 3.8) is 0 Å². The monoisotopic (exact) mass is 414 g/mol. The maximum absolute atomic E-state index is 13.2. The summed E-state index contributed by atoms with van der Waals surface area (Å²) in [7, 11) is 0. The van der Waals surface area contributed by atoms with Crippen LogP contribution in [0.3, 0.4) is 0 Å². The van der Waals surface area contributed by atoms with Crippen molar-refractivity contribution in [2.24, 2.45) is 4.99 Å². The first-order chi connectivity index (χ1) is 13.1. The Morgan fingerprint density at radius 2 is 1.89 bits per heavy atom. The van der Waals surface area contributed by atoms with Gasteiger partial charge >= 0.3 is 0 Å². The summed E-state index contributed by atoms with van der Waals surface area (Å²) in [5, 5.41) is 3.99. The lowest BCUT2D eigenvalue weighted by Gasteiger charge is -2.19. The number of carbonyl (C=O) groups excluding carboxylic acids is 1. The smallest absolute Gasteiger partial charge is 0.260 e. The van der Waals surface area contributed by atoms with Crippen molar-refractivity contribution in [2.75, 3.05) is 13.1 Å². The third kappa shape index (κ3) is 3.84. The number of benzene rings is 3. The summed E-state index contributed by atoms with van der Waals surface area (Å²) in [6.45, 7) is 1.21. The Morgan fingerprint density at radius 3 is 2.74 bits per heavy atom. The Bertz CT molecular complexity index is 1050. The number of nitrogens with zero attached hydrogens (tertiary/aromatic N) is 2. The van der Waals surface area contributed by atoms with Crippen molar-refractivity contribution in [3.05, 3.63) is 81.8 Å². The fraction of sp³-hybridized carbons (Fsp3) is 0.143. The summed E-state index contributed by atoms with van der Waals surface area (Å²) in [5.74, 6) is 0.617. The van der Waals surface area contributed by atoms with Gasteiger partial charge in [-0.2, -0.15) is 0 Å². The first-order valence-corrected chi connectivity index (χ1v) is 10.3. The first-order valence-electron chi connectivity index (χ1n) is 8.54. The fourth-order valence-electron chi connectivity index (χ4n) is 3.08. The minimum Gasteiger partial charge on any atom is -0.286 e. The highest BCUT2D eigenvalue weighted by atomic mass is 35.5. The molecule has 0 saturated carbocycles. The number of rotatable bonds is 3. The number of halogens is 2. The van der Waals surface area contributed by atoms with E-state index in [0.717, 1.165) is 21.5 Å². The summed E-state index contributed by atoms with van der Waals surface area (Å²) in [6, 6.07) is 19.2. The molecule has 0 atom stereocenters. The predicted octanol–water partition coefficient (Wildman–Crippen LogP) is 5.89. The average Bonchev–Trinajstić information content (AvgIpc) is 3.15. The van der Waals surface area contributed by atoms with E-state index in [1.54, 1.807) is 11.0 Å². The van der Waals surface area contributed by atoms with E-state index in [2.05, 4.69) is 4.99 Å². The SMILES string of the molecule is O=C(c1cccc2ccccc12)N1CCN=C1SCc1ccc(Cl)cc1Cl. The molecule has 1 heterocycles. The summed E-state index contributed by atoms with van der Waals surface area (Å²) in [6.07, 6.45) is 0. The van der Waals surface area contributed by atoms with Crippen LogP contribution in [0.5, 0.6) is 0 Å². The molecule has 3 aromatic carbocycles. The number of amidine groups is 1. The Hall–Kier alpha value is -2.01. The highest BCUT2D eigenvalue weighted by Crippen LogP contribution is 2.28. The quantitative estimate of drug-likeness (QED) is 0.534. The molecule has 4 rings (SSSR count). The zero-order valence-electron chi connectivity index (χ0n) is 14.4. The maximum Gasteiger partial charge on any atom is 0.260 e. The van der Waals surface area contributed by atoms with Crippen LogP contribution in [-0.2, 0) is 5.75 Å². The molecule has 3 aromatic rings. The molecule has 27 heavy (non-hydrogen) atoms. The molecule has 136 valence electrons. The second-order valence-electron chi connectivity index (χ2n) is 6.17. The molecule has 0 aromatic heterocycles. The zero-order chi connectivity index (χ0) is 18.8. The van der Waals surface area contributed by atoms with Crippen molar-refractivity contribution >= 4 is 56.8 Å². The minimum atomic E-state index is -0.0160. The van der Waals surface area contributed by atoms with Gasteiger partial charge in [-0.25, -0.2) is 0 Å². The van der Waals surface area contributed by atoms with Crippen LogP contribution in [0.1, 0.15) is 15.9 Å². The van der Waals surface area contributed by atoms with Gasteiger partial charge in [0.25, 0.3) is 5.91 Å². The van der Waals surface area contributed by atoms with Gasteiger partial charge in [-0.3, -0.25) is 14.7 Å². The van der Waals surface area contributed by atoms with Gasteiger partial charge in [0, 0.05) is 27.9 Å². The normalized spacial score (nSPS) is 13.9. The van der Waals surface area contributed by atoms with Crippen LogP contribution >= 0.6 is 35.0 Å². The third-order valence-corrected chi connectivity index (χ3v) is 6.09. The summed E-state index contributed by atoms with van der Waals surface area (Å²) < 4.78 is 0. The zero-order valence-corrected chi connectivity index (χ0v) is 16.7. The van der Waals surface area contributed by atoms with Crippen LogP contribution in [0.15, 0.2) is 65.7 Å². The number of hydrogen-bond donors (Lipinski definition) is 0. The van der Waals surface area contributed by atoms with Gasteiger partial charge in [0.05, 0.1) is 6.54 Å². The van der Waals surface area contributed by atoms with Gasteiger partial charge in [-0.1, -0.05) is 77.4 Å². The number of hydrogen-bond acceptors (Lipinski definition) is 3. The van der Waals surface area contributed by atoms with E-state index in [1.165, 1.54) is 11.8 Å². The van der Waals surface area contributed by atoms with Crippen molar-refractivity contribution in [3.8, 4) is 0 Å². The Morgan fingerprint density at radius 1 is 1.07 bits per heavy atom. The van der Waals surface area contributed by atoms with Crippen LogP contribution in [-0.4, -0.2) is 29.1 Å². The van der Waals surface area contributed by atoms with E-state index in [0.29, 0.717) is 34.5 Å². The van der Waals surface area contributed by atoms with Gasteiger partial charge < -0.3 is 0 Å². The van der Waals surface area contributed by atoms with Crippen molar-refractivity contribution in [1.82, 2.24) is 4.90 Å². The lowest BCUT2D eigenvalue weighted by molar-refractivity contribution is 0.0862. The van der Waals surface area contributed by atoms with Crippen molar-refractivity contribution < 1.29 is 4.79 Å². The van der Waals surface area contributed by atoms with E-state index in [9.17, 15) is 4.79 Å². The molecule has 6 heteroatoms. The van der Waals surface area contributed by atoms with E-state index in [-0.39, 0.29) is 5.91 Å².